The molecule has 0 aromatic rings. The monoisotopic (exact) mass is 487 g/mol. The summed E-state index contributed by atoms with van der Waals surface area (Å²) in [6.45, 7) is 11.9. The summed E-state index contributed by atoms with van der Waals surface area (Å²) in [5.41, 5.74) is 0.0388. The molecule has 2 aliphatic heterocycles. The van der Waals surface area contributed by atoms with E-state index in [2.05, 4.69) is 42.9 Å². The number of nitrogens with zero attached hydrogens (tertiary/aromatic N) is 2. The zero-order valence-corrected chi connectivity index (χ0v) is 22.6. The van der Waals surface area contributed by atoms with Crippen molar-refractivity contribution in [3.8, 4) is 0 Å². The molecule has 4 aliphatic carbocycles. The molecule has 1 amide bonds. The predicted molar refractivity (Wildman–Crippen MR) is 139 cm³/mol. The highest BCUT2D eigenvalue weighted by molar-refractivity contribution is 8.14. The van der Waals surface area contributed by atoms with Gasteiger partial charge in [0.2, 0.25) is 5.91 Å². The van der Waals surface area contributed by atoms with Crippen LogP contribution in [0.15, 0.2) is 4.99 Å². The Hall–Kier alpha value is -0.750. The van der Waals surface area contributed by atoms with Gasteiger partial charge in [-0.25, -0.2) is 0 Å². The van der Waals surface area contributed by atoms with Crippen molar-refractivity contribution >= 4 is 22.8 Å². The number of hydrogen-bond donors (Lipinski definition) is 1. The van der Waals surface area contributed by atoms with Gasteiger partial charge < -0.3 is 15.0 Å². The fourth-order valence-electron chi connectivity index (χ4n) is 9.90. The molecule has 6 heteroatoms. The van der Waals surface area contributed by atoms with E-state index in [4.69, 9.17) is 4.74 Å². The van der Waals surface area contributed by atoms with Gasteiger partial charge in [-0.3, -0.25) is 9.79 Å². The molecule has 1 N–H and O–H groups in total. The van der Waals surface area contributed by atoms with Crippen molar-refractivity contribution in [2.75, 3.05) is 25.4 Å². The van der Waals surface area contributed by atoms with Gasteiger partial charge in [-0.1, -0.05) is 38.5 Å². The Balaban J connectivity index is 1.21. The number of hydrogen-bond acceptors (Lipinski definition) is 5. The average Bonchev–Trinajstić information content (AvgIpc) is 3.49. The van der Waals surface area contributed by atoms with E-state index in [1.54, 1.807) is 11.8 Å². The van der Waals surface area contributed by atoms with Crippen LogP contribution in [0.25, 0.3) is 0 Å². The Kier molecular flexibility index (Phi) is 5.65. The number of nitrogens with one attached hydrogen (secondary N) is 1. The Morgan fingerprint density at radius 3 is 2.68 bits per heavy atom. The van der Waals surface area contributed by atoms with Gasteiger partial charge in [0.1, 0.15) is 5.72 Å². The number of amides is 1. The lowest BCUT2D eigenvalue weighted by Gasteiger charge is -2.61. The standard InChI is InChI=1S/C28H45N3O2S/c1-25(2)31(23(32)17-34-24-29-15-16-30-24)18-28(33-25)14-11-22-20-9-8-19-7-5-6-12-26(19,3)21(20)10-13-27(22,28)4/h19-22H,5-18H2,1-4H3,(H,29,30)/t19-,20-,21+,22-,26+,27+,28-/m1/s1. The predicted octanol–water partition coefficient (Wildman–Crippen LogP) is 5.45. The first-order chi connectivity index (χ1) is 16.2. The minimum atomic E-state index is -0.537. The number of ether oxygens (including phenoxy) is 1. The topological polar surface area (TPSA) is 53.9 Å². The van der Waals surface area contributed by atoms with Crippen molar-refractivity contribution in [3.05, 3.63) is 0 Å². The van der Waals surface area contributed by atoms with Crippen molar-refractivity contribution in [2.24, 2.45) is 39.5 Å². The molecule has 5 fully saturated rings. The van der Waals surface area contributed by atoms with E-state index in [1.807, 2.05) is 0 Å². The van der Waals surface area contributed by atoms with Crippen LogP contribution in [-0.2, 0) is 9.53 Å². The van der Waals surface area contributed by atoms with E-state index >= 15 is 0 Å². The maximum absolute atomic E-state index is 13.4. The summed E-state index contributed by atoms with van der Waals surface area (Å²) in [4.78, 5) is 19.9. The van der Waals surface area contributed by atoms with Gasteiger partial charge in [0, 0.05) is 12.0 Å². The van der Waals surface area contributed by atoms with Gasteiger partial charge >= 0.3 is 0 Å². The maximum atomic E-state index is 13.4. The van der Waals surface area contributed by atoms with Gasteiger partial charge in [-0.05, 0) is 94.3 Å². The van der Waals surface area contributed by atoms with Gasteiger partial charge in [-0.2, -0.15) is 0 Å². The van der Waals surface area contributed by atoms with Crippen molar-refractivity contribution in [2.45, 2.75) is 103 Å². The third-order valence-electron chi connectivity index (χ3n) is 11.7. The summed E-state index contributed by atoms with van der Waals surface area (Å²) in [5, 5.41) is 4.19. The van der Waals surface area contributed by atoms with Gasteiger partial charge in [0.05, 0.1) is 24.4 Å². The first kappa shape index (κ1) is 23.6. The molecule has 1 saturated heterocycles. The molecule has 7 atom stereocenters. The third-order valence-corrected chi connectivity index (χ3v) is 12.6. The van der Waals surface area contributed by atoms with E-state index in [0.29, 0.717) is 11.2 Å². The minimum Gasteiger partial charge on any atom is -0.363 e. The summed E-state index contributed by atoms with van der Waals surface area (Å²) in [5.74, 6) is 4.12. The van der Waals surface area contributed by atoms with E-state index in [1.165, 1.54) is 57.8 Å². The molecular weight excluding hydrogens is 442 g/mol. The van der Waals surface area contributed by atoms with Crippen LogP contribution in [0.4, 0.5) is 0 Å². The van der Waals surface area contributed by atoms with Gasteiger partial charge in [0.15, 0.2) is 5.17 Å². The number of amidine groups is 1. The third kappa shape index (κ3) is 3.36. The molecule has 34 heavy (non-hydrogen) atoms. The number of rotatable bonds is 2. The molecule has 0 aromatic heterocycles. The van der Waals surface area contributed by atoms with Crippen molar-refractivity contribution in [1.29, 1.82) is 0 Å². The van der Waals surface area contributed by atoms with E-state index in [0.717, 1.165) is 54.9 Å². The molecule has 0 radical (unpaired) electrons. The largest absolute Gasteiger partial charge is 0.363 e. The van der Waals surface area contributed by atoms with Crippen LogP contribution >= 0.6 is 11.8 Å². The van der Waals surface area contributed by atoms with Crippen molar-refractivity contribution in [3.63, 3.8) is 0 Å². The summed E-state index contributed by atoms with van der Waals surface area (Å²) < 4.78 is 7.04. The fourth-order valence-corrected chi connectivity index (χ4v) is 10.7. The van der Waals surface area contributed by atoms with Gasteiger partial charge in [-0.15, -0.1) is 0 Å². The second kappa shape index (κ2) is 8.13. The Morgan fingerprint density at radius 2 is 1.88 bits per heavy atom. The summed E-state index contributed by atoms with van der Waals surface area (Å²) in [6.07, 6.45) is 13.7. The zero-order chi connectivity index (χ0) is 23.8. The molecule has 6 aliphatic rings. The second-order valence-electron chi connectivity index (χ2n) is 13.3. The van der Waals surface area contributed by atoms with Crippen molar-refractivity contribution in [1.82, 2.24) is 10.2 Å². The zero-order valence-electron chi connectivity index (χ0n) is 21.8. The average molecular weight is 488 g/mol. The molecule has 0 unspecified atom stereocenters. The molecule has 0 aromatic carbocycles. The second-order valence-corrected chi connectivity index (χ2v) is 14.3. The molecule has 190 valence electrons. The maximum Gasteiger partial charge on any atom is 0.235 e. The molecule has 6 rings (SSSR count). The van der Waals surface area contributed by atoms with E-state index in [-0.39, 0.29) is 16.9 Å². The quantitative estimate of drug-likeness (QED) is 0.563. The SMILES string of the molecule is CC1(C)O[C@]2(CC[C@@H]3[C@@H]4CC[C@H]5CCCC[C@]5(C)[C@H]4CC[C@@]32C)CN1C(=O)CSC1=NCCN1. The summed E-state index contributed by atoms with van der Waals surface area (Å²) in [7, 11) is 0. The van der Waals surface area contributed by atoms with Crippen LogP contribution in [-0.4, -0.2) is 52.7 Å². The summed E-state index contributed by atoms with van der Waals surface area (Å²) in [6, 6.07) is 0. The summed E-state index contributed by atoms with van der Waals surface area (Å²) >= 11 is 1.55. The number of carbonyl (C=O) groups is 1. The highest BCUT2D eigenvalue weighted by Crippen LogP contribution is 2.70. The molecule has 4 saturated carbocycles. The number of fused-ring (bicyclic) bond motifs is 6. The van der Waals surface area contributed by atoms with Crippen LogP contribution in [0.2, 0.25) is 0 Å². The van der Waals surface area contributed by atoms with E-state index in [9.17, 15) is 4.79 Å². The Morgan fingerprint density at radius 1 is 1.06 bits per heavy atom. The van der Waals surface area contributed by atoms with Crippen LogP contribution < -0.4 is 5.32 Å². The molecule has 1 spiro atoms. The lowest BCUT2D eigenvalue weighted by Crippen LogP contribution is -2.57. The Labute approximate surface area is 210 Å². The first-order valence-corrected chi connectivity index (χ1v) is 15.1. The van der Waals surface area contributed by atoms with E-state index < -0.39 is 5.72 Å². The highest BCUT2D eigenvalue weighted by atomic mass is 32.2. The lowest BCUT2D eigenvalue weighted by molar-refractivity contribution is -0.188. The molecule has 5 nitrogen and oxygen atoms in total. The van der Waals surface area contributed by atoms with Crippen LogP contribution in [0, 0.1) is 34.5 Å². The van der Waals surface area contributed by atoms with Crippen LogP contribution in [0.5, 0.6) is 0 Å². The first-order valence-electron chi connectivity index (χ1n) is 14.1. The molecule has 0 bridgehead atoms. The Bertz CT molecular complexity index is 876. The molecule has 2 heterocycles. The smallest absolute Gasteiger partial charge is 0.235 e. The van der Waals surface area contributed by atoms with Crippen LogP contribution in [0.3, 0.4) is 0 Å². The number of carbonyl (C=O) groups excluding carboxylic acids is 1. The van der Waals surface area contributed by atoms with Crippen molar-refractivity contribution < 1.29 is 9.53 Å². The van der Waals surface area contributed by atoms with Crippen LogP contribution in [0.1, 0.15) is 91.9 Å². The normalized spacial score (nSPS) is 47.1. The minimum absolute atomic E-state index is 0.181. The van der Waals surface area contributed by atoms with Gasteiger partial charge in [0.25, 0.3) is 0 Å². The highest BCUT2D eigenvalue weighted by Gasteiger charge is 2.69. The molecular formula is C28H45N3O2S. The fraction of sp³-hybridized carbons (Fsp3) is 0.929. The lowest BCUT2D eigenvalue weighted by atomic mass is 9.44. The number of aliphatic imine (C=N–C) groups is 1. The number of thioether (sulfide) groups is 1.